The van der Waals surface area contributed by atoms with Gasteiger partial charge in [0.05, 0.1) is 4.92 Å². The molecule has 9 nitrogen and oxygen atoms in total. The van der Waals surface area contributed by atoms with E-state index in [4.69, 9.17) is 4.74 Å². The fourth-order valence-electron chi connectivity index (χ4n) is 4.45. The van der Waals surface area contributed by atoms with E-state index in [-0.39, 0.29) is 35.1 Å². The van der Waals surface area contributed by atoms with Crippen LogP contribution in [0.4, 0.5) is 25.4 Å². The lowest BCUT2D eigenvalue weighted by Crippen LogP contribution is -2.39. The van der Waals surface area contributed by atoms with Crippen molar-refractivity contribution < 1.29 is 23.6 Å². The van der Waals surface area contributed by atoms with Gasteiger partial charge in [-0.25, -0.2) is 14.0 Å². The van der Waals surface area contributed by atoms with Crippen LogP contribution in [0.1, 0.15) is 20.8 Å². The Hall–Kier alpha value is -3.69. The van der Waals surface area contributed by atoms with Crippen LogP contribution in [0, 0.1) is 27.8 Å². The fourth-order valence-corrected chi connectivity index (χ4v) is 4.45. The second-order valence-corrected chi connectivity index (χ2v) is 9.74. The van der Waals surface area contributed by atoms with Crippen molar-refractivity contribution >= 4 is 23.5 Å². The van der Waals surface area contributed by atoms with Gasteiger partial charge in [0.15, 0.2) is 0 Å². The van der Waals surface area contributed by atoms with E-state index in [9.17, 15) is 24.1 Å². The minimum absolute atomic E-state index is 0.0734. The number of carbonyl (C=O) groups excluding carboxylic acids is 2. The molecule has 2 atom stereocenters. The molecule has 2 aliphatic heterocycles. The van der Waals surface area contributed by atoms with E-state index >= 15 is 0 Å². The molecule has 2 fully saturated rings. The van der Waals surface area contributed by atoms with Gasteiger partial charge < -0.3 is 19.9 Å². The van der Waals surface area contributed by atoms with Crippen molar-refractivity contribution in [2.75, 3.05) is 31.5 Å². The Bertz CT molecular complexity index is 1100. The lowest BCUT2D eigenvalue weighted by molar-refractivity contribution is -0.383. The molecule has 2 aromatic carbocycles. The van der Waals surface area contributed by atoms with Crippen LogP contribution in [0.5, 0.6) is 0 Å². The predicted octanol–water partition coefficient (Wildman–Crippen LogP) is 4.73. The zero-order valence-electron chi connectivity index (χ0n) is 19.3. The average Bonchev–Trinajstić information content (AvgIpc) is 3.32. The van der Waals surface area contributed by atoms with Crippen LogP contribution >= 0.6 is 0 Å². The molecule has 0 saturated carbocycles. The highest BCUT2D eigenvalue weighted by Crippen LogP contribution is 2.34. The first kappa shape index (κ1) is 23.5. The molecule has 4 rings (SSSR count). The molecule has 3 amide bonds. The zero-order valence-corrected chi connectivity index (χ0v) is 19.3. The predicted molar refractivity (Wildman–Crippen MR) is 124 cm³/mol. The van der Waals surface area contributed by atoms with Gasteiger partial charge in [-0.1, -0.05) is 12.1 Å². The van der Waals surface area contributed by atoms with Gasteiger partial charge in [0.25, 0.3) is 5.69 Å². The molecule has 2 aromatic rings. The van der Waals surface area contributed by atoms with Crippen molar-refractivity contribution in [3.8, 4) is 11.1 Å². The Morgan fingerprint density at radius 3 is 2.12 bits per heavy atom. The number of rotatable bonds is 3. The van der Waals surface area contributed by atoms with Gasteiger partial charge in [-0.05, 0) is 56.2 Å². The van der Waals surface area contributed by atoms with Crippen molar-refractivity contribution in [3.05, 3.63) is 58.4 Å². The fraction of sp³-hybridized carbons (Fsp3) is 0.417. The maximum atomic E-state index is 13.3. The van der Waals surface area contributed by atoms with Crippen molar-refractivity contribution in [2.45, 2.75) is 26.4 Å². The van der Waals surface area contributed by atoms with Crippen LogP contribution in [0.2, 0.25) is 0 Å². The molecule has 1 N–H and O–H groups in total. The van der Waals surface area contributed by atoms with E-state index in [2.05, 4.69) is 5.32 Å². The van der Waals surface area contributed by atoms with Crippen LogP contribution in [-0.4, -0.2) is 58.6 Å². The summed E-state index contributed by atoms with van der Waals surface area (Å²) in [7, 11) is 0. The Labute approximate surface area is 196 Å². The number of fused-ring (bicyclic) bond motifs is 1. The van der Waals surface area contributed by atoms with Gasteiger partial charge in [0, 0.05) is 44.1 Å². The van der Waals surface area contributed by atoms with Crippen molar-refractivity contribution in [3.63, 3.8) is 0 Å². The van der Waals surface area contributed by atoms with Crippen molar-refractivity contribution in [2.24, 2.45) is 11.8 Å². The summed E-state index contributed by atoms with van der Waals surface area (Å²) in [5, 5.41) is 14.2. The molecule has 2 heterocycles. The van der Waals surface area contributed by atoms with E-state index in [0.717, 1.165) is 0 Å². The summed E-state index contributed by atoms with van der Waals surface area (Å²) in [5.41, 5.74) is 0.564. The topological polar surface area (TPSA) is 105 Å². The summed E-state index contributed by atoms with van der Waals surface area (Å²) in [6.45, 7) is 7.35. The summed E-state index contributed by atoms with van der Waals surface area (Å²) < 4.78 is 18.7. The second kappa shape index (κ2) is 8.92. The molecule has 34 heavy (non-hydrogen) atoms. The Morgan fingerprint density at radius 1 is 1.00 bits per heavy atom. The van der Waals surface area contributed by atoms with Crippen molar-refractivity contribution in [1.29, 1.82) is 0 Å². The molecule has 0 bridgehead atoms. The average molecular weight is 471 g/mol. The number of urea groups is 1. The molecule has 2 unspecified atom stereocenters. The molecule has 2 aliphatic rings. The minimum atomic E-state index is -0.572. The standard InChI is InChI=1S/C24H27FN4O5/c1-24(2,3)34-23(31)28-13-17-11-27(12-18(17)14-28)22(30)26-20-10-16(6-9-21(20)29(32)33)15-4-7-19(25)8-5-15/h4-10,17-18H,11-14H2,1-3H3,(H,26,30). The number of hydrogen-bond donors (Lipinski definition) is 1. The van der Waals surface area contributed by atoms with Gasteiger partial charge in [-0.3, -0.25) is 10.1 Å². The normalized spacial score (nSPS) is 19.6. The van der Waals surface area contributed by atoms with E-state index in [1.807, 2.05) is 20.8 Å². The van der Waals surface area contributed by atoms with E-state index in [1.54, 1.807) is 28.0 Å². The molecule has 180 valence electrons. The van der Waals surface area contributed by atoms with Gasteiger partial charge in [-0.15, -0.1) is 0 Å². The highest BCUT2D eigenvalue weighted by molar-refractivity contribution is 5.93. The number of likely N-dealkylation sites (tertiary alicyclic amines) is 2. The van der Waals surface area contributed by atoms with Crippen molar-refractivity contribution in [1.82, 2.24) is 9.80 Å². The van der Waals surface area contributed by atoms with Crippen LogP contribution in [0.3, 0.4) is 0 Å². The summed E-state index contributed by atoms with van der Waals surface area (Å²) in [6, 6.07) is 9.72. The molecule has 0 aliphatic carbocycles. The van der Waals surface area contributed by atoms with Crippen LogP contribution in [0.15, 0.2) is 42.5 Å². The number of nitro benzene ring substituents is 1. The second-order valence-electron chi connectivity index (χ2n) is 9.74. The lowest BCUT2D eigenvalue weighted by Gasteiger charge is -2.26. The maximum absolute atomic E-state index is 13.3. The molecule has 0 aromatic heterocycles. The Morgan fingerprint density at radius 2 is 1.56 bits per heavy atom. The number of carbonyl (C=O) groups is 2. The highest BCUT2D eigenvalue weighted by atomic mass is 19.1. The molecule has 0 radical (unpaired) electrons. The Kier molecular flexibility index (Phi) is 6.16. The number of nitrogens with zero attached hydrogens (tertiary/aromatic N) is 3. The number of nitrogens with one attached hydrogen (secondary N) is 1. The largest absolute Gasteiger partial charge is 0.444 e. The smallest absolute Gasteiger partial charge is 0.410 e. The van der Waals surface area contributed by atoms with Gasteiger partial charge in [0.2, 0.25) is 0 Å². The van der Waals surface area contributed by atoms with E-state index in [0.29, 0.717) is 37.3 Å². The third kappa shape index (κ3) is 5.11. The third-order valence-corrected chi connectivity index (χ3v) is 6.04. The minimum Gasteiger partial charge on any atom is -0.444 e. The van der Waals surface area contributed by atoms with Gasteiger partial charge in [0.1, 0.15) is 17.1 Å². The molecule has 2 saturated heterocycles. The zero-order chi connectivity index (χ0) is 24.6. The van der Waals surface area contributed by atoms with E-state index in [1.165, 1.54) is 24.3 Å². The summed E-state index contributed by atoms with van der Waals surface area (Å²) in [5.74, 6) is -0.137. The van der Waals surface area contributed by atoms with Gasteiger partial charge in [-0.2, -0.15) is 0 Å². The quantitative estimate of drug-likeness (QED) is 0.516. The molecular formula is C24H27FN4O5. The number of benzene rings is 2. The first-order valence-electron chi connectivity index (χ1n) is 11.1. The third-order valence-electron chi connectivity index (χ3n) is 6.04. The molecule has 0 spiro atoms. The maximum Gasteiger partial charge on any atom is 0.410 e. The summed E-state index contributed by atoms with van der Waals surface area (Å²) >= 11 is 0. The summed E-state index contributed by atoms with van der Waals surface area (Å²) in [4.78, 5) is 39.6. The van der Waals surface area contributed by atoms with Crippen LogP contribution < -0.4 is 5.32 Å². The number of anilines is 1. The van der Waals surface area contributed by atoms with Crippen LogP contribution in [0.25, 0.3) is 11.1 Å². The highest BCUT2D eigenvalue weighted by Gasteiger charge is 2.44. The monoisotopic (exact) mass is 470 g/mol. The lowest BCUT2D eigenvalue weighted by atomic mass is 10.0. The number of amides is 3. The van der Waals surface area contributed by atoms with Crippen LogP contribution in [-0.2, 0) is 4.74 Å². The first-order valence-corrected chi connectivity index (χ1v) is 11.1. The SMILES string of the molecule is CC(C)(C)OC(=O)N1CC2CN(C(=O)Nc3cc(-c4ccc(F)cc4)ccc3[N+](=O)[O-])CC2C1. The summed E-state index contributed by atoms with van der Waals surface area (Å²) in [6.07, 6.45) is -0.355. The molecular weight excluding hydrogens is 443 g/mol. The number of nitro groups is 1. The number of hydrogen-bond acceptors (Lipinski definition) is 5. The first-order chi connectivity index (χ1) is 16.0. The van der Waals surface area contributed by atoms with E-state index < -0.39 is 16.6 Å². The number of ether oxygens (including phenoxy) is 1. The number of halogens is 1. The molecule has 10 heteroatoms. The van der Waals surface area contributed by atoms with Gasteiger partial charge >= 0.3 is 12.1 Å². The Balaban J connectivity index is 1.43.